The third-order valence-corrected chi connectivity index (χ3v) is 2.83. The van der Waals surface area contributed by atoms with Gasteiger partial charge < -0.3 is 10.6 Å². The third kappa shape index (κ3) is 2.56. The highest BCUT2D eigenvalue weighted by atomic mass is 16.2. The minimum Gasteiger partial charge on any atom is -0.368 e. The van der Waals surface area contributed by atoms with Gasteiger partial charge in [0.15, 0.2) is 5.65 Å². The van der Waals surface area contributed by atoms with Crippen molar-refractivity contribution < 1.29 is 4.79 Å². The Morgan fingerprint density at radius 3 is 2.89 bits per heavy atom. The molecule has 0 fully saturated rings. The van der Waals surface area contributed by atoms with E-state index in [0.717, 1.165) is 4.52 Å². The zero-order valence-electron chi connectivity index (χ0n) is 11.0. The predicted octanol–water partition coefficient (Wildman–Crippen LogP) is -0.398. The van der Waals surface area contributed by atoms with Gasteiger partial charge in [-0.15, -0.1) is 5.10 Å². The highest BCUT2D eigenvalue weighted by molar-refractivity contribution is 5.82. The third-order valence-electron chi connectivity index (χ3n) is 2.83. The second kappa shape index (κ2) is 4.71. The van der Waals surface area contributed by atoms with Crippen molar-refractivity contribution in [1.29, 1.82) is 0 Å². The molecular weight excluding hydrogens is 248 g/mol. The smallest absolute Gasteiger partial charge is 0.364 e. The maximum absolute atomic E-state index is 11.6. The van der Waals surface area contributed by atoms with Crippen LogP contribution in [0.25, 0.3) is 5.65 Å². The van der Waals surface area contributed by atoms with Gasteiger partial charge in [-0.05, 0) is 26.0 Å². The first-order valence-corrected chi connectivity index (χ1v) is 5.84. The number of carbonyl (C=O) groups is 1. The number of nitrogens with zero attached hydrogens (tertiary/aromatic N) is 3. The minimum absolute atomic E-state index is 0.0680. The van der Waals surface area contributed by atoms with Gasteiger partial charge in [0.25, 0.3) is 0 Å². The van der Waals surface area contributed by atoms with E-state index >= 15 is 0 Å². The van der Waals surface area contributed by atoms with Crippen molar-refractivity contribution in [1.82, 2.24) is 25.1 Å². The lowest BCUT2D eigenvalue weighted by molar-refractivity contribution is -0.128. The number of aromatic amines is 1. The van der Waals surface area contributed by atoms with E-state index in [1.807, 2.05) is 13.8 Å². The molecule has 8 heteroatoms. The summed E-state index contributed by atoms with van der Waals surface area (Å²) < 4.78 is 1.16. The molecular formula is C11H16N6O2. The maximum Gasteiger partial charge on any atom is 0.364 e. The Labute approximate surface area is 109 Å². The first-order valence-electron chi connectivity index (χ1n) is 5.84. The second-order valence-electron chi connectivity index (χ2n) is 4.83. The summed E-state index contributed by atoms with van der Waals surface area (Å²) in [5, 5.41) is 15.8. The van der Waals surface area contributed by atoms with Gasteiger partial charge >= 0.3 is 5.69 Å². The van der Waals surface area contributed by atoms with Gasteiger partial charge in [-0.25, -0.2) is 9.89 Å². The monoisotopic (exact) mass is 264 g/mol. The summed E-state index contributed by atoms with van der Waals surface area (Å²) in [4.78, 5) is 23.0. The Hall–Kier alpha value is -2.38. The summed E-state index contributed by atoms with van der Waals surface area (Å²) in [7, 11) is 1.60. The van der Waals surface area contributed by atoms with Gasteiger partial charge in [0.1, 0.15) is 5.82 Å². The van der Waals surface area contributed by atoms with E-state index in [2.05, 4.69) is 25.9 Å². The van der Waals surface area contributed by atoms with Gasteiger partial charge in [0.2, 0.25) is 5.91 Å². The van der Waals surface area contributed by atoms with Crippen LogP contribution in [-0.2, 0) is 4.79 Å². The zero-order valence-corrected chi connectivity index (χ0v) is 11.0. The molecule has 0 aliphatic heterocycles. The number of aromatic nitrogens is 4. The van der Waals surface area contributed by atoms with E-state index in [1.54, 1.807) is 19.2 Å². The van der Waals surface area contributed by atoms with Crippen molar-refractivity contribution in [3.05, 3.63) is 22.6 Å². The summed E-state index contributed by atoms with van der Waals surface area (Å²) in [6.07, 6.45) is 0. The molecule has 2 heterocycles. The van der Waals surface area contributed by atoms with Crippen LogP contribution in [0.4, 0.5) is 5.82 Å². The summed E-state index contributed by atoms with van der Waals surface area (Å²) in [6.45, 7) is 4.04. The van der Waals surface area contributed by atoms with E-state index in [0.29, 0.717) is 18.0 Å². The van der Waals surface area contributed by atoms with Crippen LogP contribution < -0.4 is 16.3 Å². The van der Waals surface area contributed by atoms with Crippen LogP contribution in [0.1, 0.15) is 13.8 Å². The average molecular weight is 264 g/mol. The molecule has 0 saturated heterocycles. The van der Waals surface area contributed by atoms with E-state index in [9.17, 15) is 9.59 Å². The fourth-order valence-corrected chi connectivity index (χ4v) is 1.63. The Balaban J connectivity index is 2.16. The van der Waals surface area contributed by atoms with Crippen molar-refractivity contribution in [3.8, 4) is 0 Å². The van der Waals surface area contributed by atoms with Crippen LogP contribution in [0.5, 0.6) is 0 Å². The maximum atomic E-state index is 11.6. The van der Waals surface area contributed by atoms with Crippen molar-refractivity contribution >= 4 is 17.4 Å². The number of fused-ring (bicyclic) bond motifs is 1. The Bertz CT molecular complexity index is 656. The van der Waals surface area contributed by atoms with Gasteiger partial charge in [-0.2, -0.15) is 9.61 Å². The predicted molar refractivity (Wildman–Crippen MR) is 69.9 cm³/mol. The first kappa shape index (κ1) is 13.1. The highest BCUT2D eigenvalue weighted by Crippen LogP contribution is 2.16. The topological polar surface area (TPSA) is 104 Å². The molecule has 2 aromatic rings. The molecule has 0 spiro atoms. The number of hydrogen-bond acceptors (Lipinski definition) is 5. The number of rotatable bonds is 4. The summed E-state index contributed by atoms with van der Waals surface area (Å²) in [5.41, 5.74) is -0.530. The van der Waals surface area contributed by atoms with Gasteiger partial charge in [0.05, 0.1) is 5.41 Å². The average Bonchev–Trinajstić information content (AvgIpc) is 2.77. The standard InChI is InChI=1S/C11H16N6O2/c1-11(2,9(18)12-3)6-13-7-4-5-8-14-15-10(19)17(8)16-7/h4-5H,6H2,1-3H3,(H,12,18)(H,13,16)(H,15,19). The molecule has 3 N–H and O–H groups in total. The fraction of sp³-hybridized carbons (Fsp3) is 0.455. The Morgan fingerprint density at radius 1 is 1.47 bits per heavy atom. The summed E-state index contributed by atoms with van der Waals surface area (Å²) >= 11 is 0. The van der Waals surface area contributed by atoms with Crippen molar-refractivity contribution in [2.45, 2.75) is 13.8 Å². The van der Waals surface area contributed by atoms with Crippen molar-refractivity contribution in [2.75, 3.05) is 18.9 Å². The number of carbonyl (C=O) groups excluding carboxylic acids is 1. The molecule has 0 aromatic carbocycles. The van der Waals surface area contributed by atoms with Crippen LogP contribution in [0.15, 0.2) is 16.9 Å². The molecule has 19 heavy (non-hydrogen) atoms. The number of H-pyrrole nitrogens is 1. The molecule has 0 unspecified atom stereocenters. The van der Waals surface area contributed by atoms with Crippen LogP contribution in [-0.4, -0.2) is 39.3 Å². The van der Waals surface area contributed by atoms with Crippen LogP contribution >= 0.6 is 0 Å². The number of amides is 1. The molecule has 0 aliphatic carbocycles. The molecule has 8 nitrogen and oxygen atoms in total. The molecule has 0 atom stereocenters. The highest BCUT2D eigenvalue weighted by Gasteiger charge is 2.26. The quantitative estimate of drug-likeness (QED) is 0.697. The van der Waals surface area contributed by atoms with E-state index in [4.69, 9.17) is 0 Å². The first-order chi connectivity index (χ1) is 8.94. The van der Waals surface area contributed by atoms with Crippen molar-refractivity contribution in [3.63, 3.8) is 0 Å². The van der Waals surface area contributed by atoms with Crippen LogP contribution in [0.3, 0.4) is 0 Å². The lowest BCUT2D eigenvalue weighted by Gasteiger charge is -2.22. The van der Waals surface area contributed by atoms with E-state index in [1.165, 1.54) is 0 Å². The largest absolute Gasteiger partial charge is 0.368 e. The van der Waals surface area contributed by atoms with E-state index < -0.39 is 11.1 Å². The molecule has 0 saturated carbocycles. The molecule has 1 amide bonds. The van der Waals surface area contributed by atoms with Crippen molar-refractivity contribution in [2.24, 2.45) is 5.41 Å². The van der Waals surface area contributed by atoms with Crippen LogP contribution in [0.2, 0.25) is 0 Å². The Kier molecular flexibility index (Phi) is 3.24. The molecule has 0 aliphatic rings. The van der Waals surface area contributed by atoms with Gasteiger partial charge in [0, 0.05) is 13.6 Å². The SMILES string of the molecule is CNC(=O)C(C)(C)CNc1ccc2n[nH]c(=O)n2n1. The summed E-state index contributed by atoms with van der Waals surface area (Å²) in [6, 6.07) is 3.37. The van der Waals surface area contributed by atoms with Gasteiger partial charge in [-0.3, -0.25) is 4.79 Å². The van der Waals surface area contributed by atoms with E-state index in [-0.39, 0.29) is 5.91 Å². The molecule has 2 rings (SSSR count). The van der Waals surface area contributed by atoms with Gasteiger partial charge in [-0.1, -0.05) is 0 Å². The number of anilines is 1. The molecule has 0 radical (unpaired) electrons. The normalized spacial score (nSPS) is 11.5. The molecule has 2 aromatic heterocycles. The lowest BCUT2D eigenvalue weighted by Crippen LogP contribution is -2.39. The number of nitrogens with one attached hydrogen (secondary N) is 3. The minimum atomic E-state index is -0.577. The fourth-order valence-electron chi connectivity index (χ4n) is 1.63. The molecule has 102 valence electrons. The Morgan fingerprint density at radius 2 is 2.21 bits per heavy atom. The summed E-state index contributed by atoms with van der Waals surface area (Å²) in [5.74, 6) is 0.439. The zero-order chi connectivity index (χ0) is 14.0. The second-order valence-corrected chi connectivity index (χ2v) is 4.83. The lowest BCUT2D eigenvalue weighted by atomic mass is 9.92. The molecule has 0 bridgehead atoms. The van der Waals surface area contributed by atoms with Crippen LogP contribution in [0, 0.1) is 5.41 Å². The number of hydrogen-bond donors (Lipinski definition) is 3.